The fraction of sp³-hybridized carbons (Fsp3) is 0.368. The largest absolute Gasteiger partial charge is 0.415 e. The molecule has 128 valence electrons. The highest BCUT2D eigenvalue weighted by atomic mass is 28.3. The lowest BCUT2D eigenvalue weighted by Crippen LogP contribution is -2.41. The zero-order valence-electron chi connectivity index (χ0n) is 15.2. The molecular formula is C19H26N2O2Si. The number of para-hydroxylation sites is 1. The van der Waals surface area contributed by atoms with Crippen molar-refractivity contribution in [2.75, 3.05) is 13.1 Å². The summed E-state index contributed by atoms with van der Waals surface area (Å²) in [6.45, 7) is 12.0. The second kappa shape index (κ2) is 7.62. The molecule has 0 unspecified atom stereocenters. The summed E-state index contributed by atoms with van der Waals surface area (Å²) in [5.74, 6) is 0.694. The first kappa shape index (κ1) is 18.2. The van der Waals surface area contributed by atoms with Crippen LogP contribution in [0.1, 0.15) is 13.8 Å². The van der Waals surface area contributed by atoms with Crippen LogP contribution in [0.2, 0.25) is 19.6 Å². The van der Waals surface area contributed by atoms with E-state index in [0.717, 1.165) is 16.3 Å². The molecule has 0 aliphatic heterocycles. The first-order valence-corrected chi connectivity index (χ1v) is 11.9. The molecule has 1 amide bonds. The zero-order chi connectivity index (χ0) is 17.7. The molecule has 0 saturated carbocycles. The molecule has 4 nitrogen and oxygen atoms in total. The van der Waals surface area contributed by atoms with Crippen LogP contribution in [0.25, 0.3) is 11.1 Å². The predicted octanol–water partition coefficient (Wildman–Crippen LogP) is 4.13. The van der Waals surface area contributed by atoms with Gasteiger partial charge in [-0.25, -0.2) is 4.79 Å². The van der Waals surface area contributed by atoms with E-state index in [9.17, 15) is 4.79 Å². The van der Waals surface area contributed by atoms with Gasteiger partial charge in [0.25, 0.3) is 0 Å². The van der Waals surface area contributed by atoms with E-state index in [4.69, 9.17) is 4.74 Å². The van der Waals surface area contributed by atoms with Crippen LogP contribution in [0.3, 0.4) is 0 Å². The monoisotopic (exact) mass is 342 g/mol. The molecule has 0 aliphatic carbocycles. The van der Waals surface area contributed by atoms with Crippen LogP contribution in [0, 0.1) is 0 Å². The smallest absolute Gasteiger partial charge is 0.410 e. The van der Waals surface area contributed by atoms with Gasteiger partial charge in [-0.15, -0.1) is 0 Å². The molecular weight excluding hydrogens is 316 g/mol. The number of carbonyl (C=O) groups excluding carboxylic acids is 1. The van der Waals surface area contributed by atoms with Gasteiger partial charge in [0.05, 0.1) is 8.07 Å². The lowest BCUT2D eigenvalue weighted by atomic mass is 10.1. The fourth-order valence-electron chi connectivity index (χ4n) is 2.63. The van der Waals surface area contributed by atoms with Crippen molar-refractivity contribution in [1.29, 1.82) is 0 Å². The average molecular weight is 343 g/mol. The molecule has 2 rings (SSSR count). The fourth-order valence-corrected chi connectivity index (χ4v) is 4.09. The highest BCUT2D eigenvalue weighted by molar-refractivity contribution is 6.89. The Bertz CT molecular complexity index is 692. The predicted molar refractivity (Wildman–Crippen MR) is 102 cm³/mol. The molecule has 0 atom stereocenters. The van der Waals surface area contributed by atoms with Gasteiger partial charge in [-0.05, 0) is 36.7 Å². The number of aromatic nitrogens is 1. The summed E-state index contributed by atoms with van der Waals surface area (Å²) in [7, 11) is -1.68. The second-order valence-corrected chi connectivity index (χ2v) is 11.7. The van der Waals surface area contributed by atoms with E-state index >= 15 is 0 Å². The van der Waals surface area contributed by atoms with Crippen LogP contribution in [-0.2, 0) is 0 Å². The average Bonchev–Trinajstić information content (AvgIpc) is 2.56. The number of rotatable bonds is 5. The van der Waals surface area contributed by atoms with E-state index in [-0.39, 0.29) is 6.09 Å². The first-order valence-electron chi connectivity index (χ1n) is 8.39. The number of carbonyl (C=O) groups is 1. The number of hydrogen-bond donors (Lipinski definition) is 0. The minimum absolute atomic E-state index is 0.291. The zero-order valence-corrected chi connectivity index (χ0v) is 16.2. The van der Waals surface area contributed by atoms with Crippen molar-refractivity contribution < 1.29 is 9.53 Å². The molecule has 0 bridgehead atoms. The minimum Gasteiger partial charge on any atom is -0.410 e. The van der Waals surface area contributed by atoms with Crippen LogP contribution in [0.5, 0.6) is 5.75 Å². The van der Waals surface area contributed by atoms with Crippen LogP contribution >= 0.6 is 0 Å². The molecule has 0 aliphatic rings. The first-order chi connectivity index (χ1) is 11.4. The molecule has 0 fully saturated rings. The van der Waals surface area contributed by atoms with Crippen LogP contribution in [0.15, 0.2) is 42.7 Å². The molecule has 1 aromatic carbocycles. The molecule has 1 aromatic heterocycles. The van der Waals surface area contributed by atoms with Crippen molar-refractivity contribution in [3.8, 4) is 16.9 Å². The van der Waals surface area contributed by atoms with E-state index in [1.54, 1.807) is 17.3 Å². The quantitative estimate of drug-likeness (QED) is 0.767. The van der Waals surface area contributed by atoms with Gasteiger partial charge in [0.15, 0.2) is 0 Å². The van der Waals surface area contributed by atoms with Gasteiger partial charge in [0, 0.05) is 31.0 Å². The summed E-state index contributed by atoms with van der Waals surface area (Å²) < 4.78 is 5.90. The van der Waals surface area contributed by atoms with Crippen LogP contribution in [-0.4, -0.2) is 37.1 Å². The summed E-state index contributed by atoms with van der Waals surface area (Å²) in [5.41, 5.74) is 1.95. The van der Waals surface area contributed by atoms with Crippen LogP contribution in [0.4, 0.5) is 4.79 Å². The molecule has 5 heteroatoms. The summed E-state index contributed by atoms with van der Waals surface area (Å²) >= 11 is 0. The van der Waals surface area contributed by atoms with E-state index in [0.29, 0.717) is 18.8 Å². The number of benzene rings is 1. The Morgan fingerprint density at radius 3 is 2.25 bits per heavy atom. The SMILES string of the molecule is CCN(CC)C(=O)Oc1c(-c2ccncc2)cccc1[Si](C)(C)C. The summed E-state index contributed by atoms with van der Waals surface area (Å²) in [4.78, 5) is 18.3. The van der Waals surface area contributed by atoms with Gasteiger partial charge in [0.2, 0.25) is 0 Å². The maximum atomic E-state index is 12.5. The minimum atomic E-state index is -1.68. The van der Waals surface area contributed by atoms with Crippen molar-refractivity contribution in [2.45, 2.75) is 33.5 Å². The Morgan fingerprint density at radius 2 is 1.71 bits per heavy atom. The Hall–Kier alpha value is -2.14. The van der Waals surface area contributed by atoms with Gasteiger partial charge in [-0.2, -0.15) is 0 Å². The molecule has 2 aromatic rings. The summed E-state index contributed by atoms with van der Waals surface area (Å²) in [5, 5.41) is 1.15. The third-order valence-corrected chi connectivity index (χ3v) is 6.04. The summed E-state index contributed by atoms with van der Waals surface area (Å²) in [6.07, 6.45) is 3.22. The number of ether oxygens (including phenoxy) is 1. The van der Waals surface area contributed by atoms with Crippen molar-refractivity contribution in [1.82, 2.24) is 9.88 Å². The molecule has 0 saturated heterocycles. The van der Waals surface area contributed by atoms with Crippen molar-refractivity contribution in [3.63, 3.8) is 0 Å². The topological polar surface area (TPSA) is 42.4 Å². The maximum Gasteiger partial charge on any atom is 0.415 e. The van der Waals surface area contributed by atoms with E-state index in [1.165, 1.54) is 0 Å². The standard InChI is InChI=1S/C19H26N2O2Si/c1-6-21(7-2)19(22)23-18-16(15-11-13-20-14-12-15)9-8-10-17(18)24(3,4)5/h8-14H,6-7H2,1-5H3. The highest BCUT2D eigenvalue weighted by Gasteiger charge is 2.26. The van der Waals surface area contributed by atoms with Crippen molar-refractivity contribution >= 4 is 19.4 Å². The molecule has 0 N–H and O–H groups in total. The Kier molecular flexibility index (Phi) is 5.78. The molecule has 0 radical (unpaired) electrons. The lowest BCUT2D eigenvalue weighted by molar-refractivity contribution is 0.158. The van der Waals surface area contributed by atoms with E-state index < -0.39 is 8.07 Å². The number of nitrogens with zero attached hydrogens (tertiary/aromatic N) is 2. The highest BCUT2D eigenvalue weighted by Crippen LogP contribution is 2.30. The molecule has 1 heterocycles. The lowest BCUT2D eigenvalue weighted by Gasteiger charge is -2.25. The molecule has 0 spiro atoms. The van der Waals surface area contributed by atoms with Gasteiger partial charge in [0.1, 0.15) is 5.75 Å². The third kappa shape index (κ3) is 4.03. The second-order valence-electron chi connectivity index (χ2n) is 6.71. The number of amides is 1. The van der Waals surface area contributed by atoms with Gasteiger partial charge < -0.3 is 9.64 Å². The maximum absolute atomic E-state index is 12.5. The number of hydrogen-bond acceptors (Lipinski definition) is 3. The van der Waals surface area contributed by atoms with Gasteiger partial charge in [-0.1, -0.05) is 37.8 Å². The van der Waals surface area contributed by atoms with E-state index in [1.807, 2.05) is 38.1 Å². The Morgan fingerprint density at radius 1 is 1.08 bits per heavy atom. The Labute approximate surface area is 145 Å². The van der Waals surface area contributed by atoms with Crippen LogP contribution < -0.4 is 9.92 Å². The number of pyridine rings is 1. The third-order valence-electron chi connectivity index (χ3n) is 4.03. The summed E-state index contributed by atoms with van der Waals surface area (Å²) in [6, 6.07) is 10.0. The van der Waals surface area contributed by atoms with E-state index in [2.05, 4.69) is 30.7 Å². The Balaban J connectivity index is 2.55. The van der Waals surface area contributed by atoms with Crippen molar-refractivity contribution in [3.05, 3.63) is 42.7 Å². The van der Waals surface area contributed by atoms with Gasteiger partial charge >= 0.3 is 6.09 Å². The van der Waals surface area contributed by atoms with Crippen molar-refractivity contribution in [2.24, 2.45) is 0 Å². The van der Waals surface area contributed by atoms with Gasteiger partial charge in [-0.3, -0.25) is 4.98 Å². The molecule has 24 heavy (non-hydrogen) atoms. The normalized spacial score (nSPS) is 11.2.